The number of carbonyl (C=O) groups is 1. The van der Waals surface area contributed by atoms with Crippen molar-refractivity contribution in [2.24, 2.45) is 0 Å². The van der Waals surface area contributed by atoms with E-state index in [1.165, 1.54) is 25.0 Å². The van der Waals surface area contributed by atoms with Crippen LogP contribution in [0.1, 0.15) is 62.4 Å². The first-order valence-electron chi connectivity index (χ1n) is 9.05. The number of nitrogens with zero attached hydrogens (tertiary/aromatic N) is 3. The molecule has 5 nitrogen and oxygen atoms in total. The van der Waals surface area contributed by atoms with Gasteiger partial charge in [-0.05, 0) is 45.6 Å². The van der Waals surface area contributed by atoms with Gasteiger partial charge in [-0.2, -0.15) is 5.10 Å². The SMILES string of the molecule is Cc1cc(C)n([C@H]2CCCN(C(=O)COC3CCCCC3)C2)n1. The molecule has 2 aliphatic rings. The predicted molar refractivity (Wildman–Crippen MR) is 89.4 cm³/mol. The number of hydrogen-bond donors (Lipinski definition) is 0. The molecule has 0 spiro atoms. The Hall–Kier alpha value is -1.36. The van der Waals surface area contributed by atoms with Gasteiger partial charge in [0.1, 0.15) is 6.61 Å². The van der Waals surface area contributed by atoms with Crippen LogP contribution >= 0.6 is 0 Å². The third kappa shape index (κ3) is 4.14. The average Bonchev–Trinajstić information content (AvgIpc) is 2.92. The minimum Gasteiger partial charge on any atom is -0.368 e. The molecule has 0 bridgehead atoms. The third-order valence-corrected chi connectivity index (χ3v) is 5.13. The molecular weight excluding hydrogens is 290 g/mol. The van der Waals surface area contributed by atoms with E-state index in [0.29, 0.717) is 12.1 Å². The lowest BCUT2D eigenvalue weighted by Gasteiger charge is -2.34. The van der Waals surface area contributed by atoms with E-state index >= 15 is 0 Å². The van der Waals surface area contributed by atoms with Gasteiger partial charge < -0.3 is 9.64 Å². The second-order valence-corrected chi connectivity index (χ2v) is 7.08. The predicted octanol–water partition coefficient (Wildman–Crippen LogP) is 3.01. The van der Waals surface area contributed by atoms with Crippen molar-refractivity contribution in [1.29, 1.82) is 0 Å². The molecule has 1 aliphatic carbocycles. The van der Waals surface area contributed by atoms with Gasteiger partial charge in [0.25, 0.3) is 0 Å². The first-order chi connectivity index (χ1) is 11.1. The highest BCUT2D eigenvalue weighted by atomic mass is 16.5. The smallest absolute Gasteiger partial charge is 0.248 e. The van der Waals surface area contributed by atoms with E-state index in [2.05, 4.69) is 22.8 Å². The number of hydrogen-bond acceptors (Lipinski definition) is 3. The molecule has 128 valence electrons. The average molecular weight is 319 g/mol. The molecule has 1 atom stereocenters. The molecular formula is C18H29N3O2. The van der Waals surface area contributed by atoms with E-state index in [-0.39, 0.29) is 12.5 Å². The number of aryl methyl sites for hydroxylation is 2. The Morgan fingerprint density at radius 2 is 2.00 bits per heavy atom. The lowest BCUT2D eigenvalue weighted by atomic mass is 9.98. The van der Waals surface area contributed by atoms with Crippen molar-refractivity contribution in [3.63, 3.8) is 0 Å². The maximum Gasteiger partial charge on any atom is 0.248 e. The Bertz CT molecular complexity index is 534. The molecule has 23 heavy (non-hydrogen) atoms. The summed E-state index contributed by atoms with van der Waals surface area (Å²) in [6.07, 6.45) is 8.44. The first-order valence-corrected chi connectivity index (χ1v) is 9.05. The minimum absolute atomic E-state index is 0.141. The Morgan fingerprint density at radius 1 is 1.22 bits per heavy atom. The van der Waals surface area contributed by atoms with Crippen molar-refractivity contribution in [2.45, 2.75) is 70.9 Å². The summed E-state index contributed by atoms with van der Waals surface area (Å²) < 4.78 is 7.95. The molecule has 5 heteroatoms. The van der Waals surface area contributed by atoms with Crippen molar-refractivity contribution >= 4 is 5.91 Å². The molecule has 1 aliphatic heterocycles. The van der Waals surface area contributed by atoms with Gasteiger partial charge in [-0.3, -0.25) is 9.48 Å². The van der Waals surface area contributed by atoms with Crippen LogP contribution < -0.4 is 0 Å². The molecule has 0 aromatic carbocycles. The van der Waals surface area contributed by atoms with Gasteiger partial charge in [0.05, 0.1) is 17.8 Å². The molecule has 0 N–H and O–H groups in total. The van der Waals surface area contributed by atoms with Gasteiger partial charge in [0, 0.05) is 18.8 Å². The van der Waals surface area contributed by atoms with Crippen LogP contribution in [0, 0.1) is 13.8 Å². The summed E-state index contributed by atoms with van der Waals surface area (Å²) in [5.41, 5.74) is 2.23. The van der Waals surface area contributed by atoms with Gasteiger partial charge in [-0.25, -0.2) is 0 Å². The first kappa shape index (κ1) is 16.5. The van der Waals surface area contributed by atoms with Gasteiger partial charge >= 0.3 is 0 Å². The maximum absolute atomic E-state index is 12.5. The van der Waals surface area contributed by atoms with Crippen LogP contribution in [0.3, 0.4) is 0 Å². The second-order valence-electron chi connectivity index (χ2n) is 7.08. The van der Waals surface area contributed by atoms with Gasteiger partial charge in [-0.1, -0.05) is 19.3 Å². The summed E-state index contributed by atoms with van der Waals surface area (Å²) in [5.74, 6) is 0.141. The summed E-state index contributed by atoms with van der Waals surface area (Å²) in [6.45, 7) is 5.96. The van der Waals surface area contributed by atoms with Gasteiger partial charge in [-0.15, -0.1) is 0 Å². The Labute approximate surface area is 139 Å². The Morgan fingerprint density at radius 3 is 2.70 bits per heavy atom. The molecule has 2 fully saturated rings. The fourth-order valence-electron chi connectivity index (χ4n) is 3.91. The van der Waals surface area contributed by atoms with Crippen LogP contribution in [0.4, 0.5) is 0 Å². The van der Waals surface area contributed by atoms with E-state index in [1.807, 2.05) is 11.8 Å². The number of amides is 1. The lowest BCUT2D eigenvalue weighted by molar-refractivity contribution is -0.140. The molecule has 1 saturated carbocycles. The maximum atomic E-state index is 12.5. The molecule has 1 aromatic heterocycles. The molecule has 0 unspecified atom stereocenters. The van der Waals surface area contributed by atoms with E-state index in [1.54, 1.807) is 0 Å². The standard InChI is InChI=1S/C18H29N3O2/c1-14-11-15(2)21(19-14)16-7-6-10-20(12-16)18(22)13-23-17-8-4-3-5-9-17/h11,16-17H,3-10,12-13H2,1-2H3/t16-/m0/s1. The van der Waals surface area contributed by atoms with Crippen LogP contribution in [0.25, 0.3) is 0 Å². The summed E-state index contributed by atoms with van der Waals surface area (Å²) >= 11 is 0. The highest BCUT2D eigenvalue weighted by Crippen LogP contribution is 2.24. The highest BCUT2D eigenvalue weighted by Gasteiger charge is 2.26. The fraction of sp³-hybridized carbons (Fsp3) is 0.778. The number of piperidine rings is 1. The van der Waals surface area contributed by atoms with E-state index < -0.39 is 0 Å². The number of likely N-dealkylation sites (tertiary alicyclic amines) is 1. The van der Waals surface area contributed by atoms with Crippen LogP contribution in [0.5, 0.6) is 0 Å². The van der Waals surface area contributed by atoms with Crippen molar-refractivity contribution < 1.29 is 9.53 Å². The Balaban J connectivity index is 1.53. The van der Waals surface area contributed by atoms with Gasteiger partial charge in [0.2, 0.25) is 5.91 Å². The van der Waals surface area contributed by atoms with Crippen molar-refractivity contribution in [2.75, 3.05) is 19.7 Å². The minimum atomic E-state index is 0.141. The molecule has 2 heterocycles. The van der Waals surface area contributed by atoms with Crippen LogP contribution in [-0.4, -0.2) is 46.4 Å². The molecule has 0 radical (unpaired) electrons. The Kier molecular flexibility index (Phi) is 5.36. The van der Waals surface area contributed by atoms with Crippen molar-refractivity contribution in [3.8, 4) is 0 Å². The number of carbonyl (C=O) groups excluding carboxylic acids is 1. The summed E-state index contributed by atoms with van der Waals surface area (Å²) in [7, 11) is 0. The normalized spacial score (nSPS) is 23.2. The summed E-state index contributed by atoms with van der Waals surface area (Å²) in [5, 5.41) is 4.59. The molecule has 1 saturated heterocycles. The van der Waals surface area contributed by atoms with Crippen molar-refractivity contribution in [1.82, 2.24) is 14.7 Å². The molecule has 1 amide bonds. The summed E-state index contributed by atoms with van der Waals surface area (Å²) in [6, 6.07) is 2.41. The zero-order valence-electron chi connectivity index (χ0n) is 14.5. The summed E-state index contributed by atoms with van der Waals surface area (Å²) in [4.78, 5) is 14.4. The van der Waals surface area contributed by atoms with Crippen LogP contribution in [0.15, 0.2) is 6.07 Å². The zero-order chi connectivity index (χ0) is 16.2. The second kappa shape index (κ2) is 7.47. The number of aromatic nitrogens is 2. The lowest BCUT2D eigenvalue weighted by Crippen LogP contribution is -2.43. The third-order valence-electron chi connectivity index (χ3n) is 5.13. The molecule has 3 rings (SSSR count). The van der Waals surface area contributed by atoms with E-state index in [0.717, 1.165) is 44.5 Å². The largest absolute Gasteiger partial charge is 0.368 e. The van der Waals surface area contributed by atoms with Crippen LogP contribution in [-0.2, 0) is 9.53 Å². The zero-order valence-corrected chi connectivity index (χ0v) is 14.5. The van der Waals surface area contributed by atoms with E-state index in [9.17, 15) is 4.79 Å². The molecule has 1 aromatic rings. The topological polar surface area (TPSA) is 47.4 Å². The number of rotatable bonds is 4. The van der Waals surface area contributed by atoms with E-state index in [4.69, 9.17) is 4.74 Å². The fourth-order valence-corrected chi connectivity index (χ4v) is 3.91. The number of ether oxygens (including phenoxy) is 1. The van der Waals surface area contributed by atoms with Gasteiger partial charge in [0.15, 0.2) is 0 Å². The highest BCUT2D eigenvalue weighted by molar-refractivity contribution is 5.77. The monoisotopic (exact) mass is 319 g/mol. The quantitative estimate of drug-likeness (QED) is 0.857. The van der Waals surface area contributed by atoms with Crippen LogP contribution in [0.2, 0.25) is 0 Å². The van der Waals surface area contributed by atoms with Crippen molar-refractivity contribution in [3.05, 3.63) is 17.5 Å².